The van der Waals surface area contributed by atoms with Crippen molar-refractivity contribution in [2.24, 2.45) is 0 Å². The van der Waals surface area contributed by atoms with Crippen LogP contribution in [-0.4, -0.2) is 5.11 Å². The molecule has 2 aromatic rings. The van der Waals surface area contributed by atoms with Crippen molar-refractivity contribution < 1.29 is 9.52 Å². The summed E-state index contributed by atoms with van der Waals surface area (Å²) >= 11 is 0. The fraction of sp³-hybridized carbons (Fsp3) is 0.231. The van der Waals surface area contributed by atoms with Gasteiger partial charge in [-0.25, -0.2) is 0 Å². The molecule has 0 aliphatic rings. The van der Waals surface area contributed by atoms with Gasteiger partial charge in [-0.05, 0) is 36.8 Å². The van der Waals surface area contributed by atoms with E-state index in [2.05, 4.69) is 24.4 Å². The van der Waals surface area contributed by atoms with Crippen LogP contribution in [0.15, 0.2) is 40.8 Å². The molecule has 1 aromatic carbocycles. The number of furan rings is 1. The lowest BCUT2D eigenvalue weighted by Crippen LogP contribution is -1.97. The highest BCUT2D eigenvalue weighted by molar-refractivity contribution is 5.45. The van der Waals surface area contributed by atoms with E-state index in [1.54, 1.807) is 6.07 Å². The minimum Gasteiger partial charge on any atom is -0.462 e. The van der Waals surface area contributed by atoms with Gasteiger partial charge in [0.25, 0.3) is 0 Å². The summed E-state index contributed by atoms with van der Waals surface area (Å²) in [4.78, 5) is 0. The predicted octanol–water partition coefficient (Wildman–Crippen LogP) is 2.69. The summed E-state index contributed by atoms with van der Waals surface area (Å²) < 4.78 is 5.37. The molecule has 0 amide bonds. The Morgan fingerprint density at radius 2 is 2.00 bits per heavy atom. The predicted molar refractivity (Wildman–Crippen MR) is 63.1 cm³/mol. The van der Waals surface area contributed by atoms with E-state index in [1.807, 2.05) is 18.2 Å². The Labute approximate surface area is 94.7 Å². The molecule has 0 atom stereocenters. The number of aryl methyl sites for hydroxylation is 1. The molecule has 2 rings (SSSR count). The maximum absolute atomic E-state index is 8.86. The molecule has 0 aliphatic carbocycles. The third-order valence-electron chi connectivity index (χ3n) is 2.36. The van der Waals surface area contributed by atoms with Crippen molar-refractivity contribution in [3.63, 3.8) is 0 Å². The first-order chi connectivity index (χ1) is 7.78. The fourth-order valence-corrected chi connectivity index (χ4v) is 1.55. The van der Waals surface area contributed by atoms with E-state index < -0.39 is 0 Å². The average Bonchev–Trinajstić information content (AvgIpc) is 2.74. The highest BCUT2D eigenvalue weighted by Gasteiger charge is 2.00. The zero-order valence-corrected chi connectivity index (χ0v) is 9.23. The summed E-state index contributed by atoms with van der Waals surface area (Å²) in [7, 11) is 0. The van der Waals surface area contributed by atoms with Gasteiger partial charge in [-0.1, -0.05) is 12.1 Å². The van der Waals surface area contributed by atoms with Gasteiger partial charge in [0.2, 0.25) is 0 Å². The van der Waals surface area contributed by atoms with Gasteiger partial charge >= 0.3 is 0 Å². The molecule has 0 unspecified atom stereocenters. The Hall–Kier alpha value is -1.74. The van der Waals surface area contributed by atoms with E-state index >= 15 is 0 Å². The average molecular weight is 217 g/mol. The molecule has 1 heterocycles. The van der Waals surface area contributed by atoms with Crippen LogP contribution in [0, 0.1) is 6.92 Å². The first kappa shape index (κ1) is 10.8. The minimum absolute atomic E-state index is 0.0511. The van der Waals surface area contributed by atoms with Crippen molar-refractivity contribution in [3.8, 4) is 0 Å². The second kappa shape index (κ2) is 4.86. The van der Waals surface area contributed by atoms with Crippen LogP contribution in [0.5, 0.6) is 0 Å². The van der Waals surface area contributed by atoms with Gasteiger partial charge in [0.1, 0.15) is 18.1 Å². The Morgan fingerprint density at radius 3 is 2.69 bits per heavy atom. The summed E-state index contributed by atoms with van der Waals surface area (Å²) in [6, 6.07) is 11.8. The van der Waals surface area contributed by atoms with Crippen LogP contribution in [-0.2, 0) is 13.2 Å². The number of hydrogen-bond acceptors (Lipinski definition) is 3. The topological polar surface area (TPSA) is 45.4 Å². The Kier molecular flexibility index (Phi) is 3.27. The summed E-state index contributed by atoms with van der Waals surface area (Å²) in [5.74, 6) is 1.42. The van der Waals surface area contributed by atoms with Gasteiger partial charge in [-0.15, -0.1) is 0 Å². The van der Waals surface area contributed by atoms with Crippen molar-refractivity contribution in [2.75, 3.05) is 5.32 Å². The first-order valence-electron chi connectivity index (χ1n) is 5.27. The number of hydrogen-bond donors (Lipinski definition) is 2. The normalized spacial score (nSPS) is 10.4. The Balaban J connectivity index is 1.96. The van der Waals surface area contributed by atoms with Crippen LogP contribution >= 0.6 is 0 Å². The van der Waals surface area contributed by atoms with Crippen LogP contribution in [0.2, 0.25) is 0 Å². The molecule has 1 aromatic heterocycles. The summed E-state index contributed by atoms with van der Waals surface area (Å²) in [5, 5.41) is 12.1. The number of rotatable bonds is 4. The molecule has 0 bridgehead atoms. The summed E-state index contributed by atoms with van der Waals surface area (Å²) in [6.45, 7) is 2.63. The molecule has 0 radical (unpaired) electrons. The lowest BCUT2D eigenvalue weighted by Gasteiger charge is -2.04. The van der Waals surface area contributed by atoms with Crippen LogP contribution in [0.3, 0.4) is 0 Å². The molecule has 2 N–H and O–H groups in total. The zero-order valence-electron chi connectivity index (χ0n) is 9.23. The van der Waals surface area contributed by atoms with Crippen molar-refractivity contribution in [2.45, 2.75) is 20.1 Å². The third kappa shape index (κ3) is 2.64. The smallest absolute Gasteiger partial charge is 0.129 e. The van der Waals surface area contributed by atoms with Gasteiger partial charge in [-0.2, -0.15) is 0 Å². The highest BCUT2D eigenvalue weighted by atomic mass is 16.4. The maximum atomic E-state index is 8.86. The van der Waals surface area contributed by atoms with Crippen LogP contribution < -0.4 is 5.32 Å². The molecule has 3 nitrogen and oxygen atoms in total. The maximum Gasteiger partial charge on any atom is 0.129 e. The molecule has 16 heavy (non-hydrogen) atoms. The van der Waals surface area contributed by atoms with Gasteiger partial charge in [0.05, 0.1) is 6.54 Å². The van der Waals surface area contributed by atoms with Crippen molar-refractivity contribution in [1.82, 2.24) is 0 Å². The zero-order chi connectivity index (χ0) is 11.4. The van der Waals surface area contributed by atoms with Crippen LogP contribution in [0.4, 0.5) is 5.69 Å². The summed E-state index contributed by atoms with van der Waals surface area (Å²) in [6.07, 6.45) is 0. The molecule has 0 aliphatic heterocycles. The second-order valence-electron chi connectivity index (χ2n) is 3.75. The van der Waals surface area contributed by atoms with E-state index in [9.17, 15) is 0 Å². The monoisotopic (exact) mass is 217 g/mol. The van der Waals surface area contributed by atoms with E-state index in [0.29, 0.717) is 12.3 Å². The fourth-order valence-electron chi connectivity index (χ4n) is 1.55. The van der Waals surface area contributed by atoms with E-state index in [0.717, 1.165) is 11.4 Å². The molecular formula is C13H15NO2. The van der Waals surface area contributed by atoms with Gasteiger partial charge in [0.15, 0.2) is 0 Å². The molecular weight excluding hydrogens is 202 g/mol. The van der Waals surface area contributed by atoms with E-state index in [1.165, 1.54) is 5.56 Å². The highest BCUT2D eigenvalue weighted by Crippen LogP contribution is 2.13. The molecule has 0 saturated carbocycles. The quantitative estimate of drug-likeness (QED) is 0.827. The van der Waals surface area contributed by atoms with Gasteiger partial charge < -0.3 is 14.8 Å². The number of anilines is 1. The number of benzene rings is 1. The van der Waals surface area contributed by atoms with Crippen molar-refractivity contribution in [1.29, 1.82) is 0 Å². The molecule has 0 saturated heterocycles. The molecule has 84 valence electrons. The SMILES string of the molecule is Cc1cccc(NCc2ccc(CO)o2)c1. The first-order valence-corrected chi connectivity index (χ1v) is 5.27. The third-order valence-corrected chi connectivity index (χ3v) is 2.36. The summed E-state index contributed by atoms with van der Waals surface area (Å²) in [5.41, 5.74) is 2.29. The molecule has 3 heteroatoms. The standard InChI is InChI=1S/C13H15NO2/c1-10-3-2-4-11(7-10)14-8-12-5-6-13(9-15)16-12/h2-7,14-15H,8-9H2,1H3. The van der Waals surface area contributed by atoms with E-state index in [4.69, 9.17) is 9.52 Å². The Morgan fingerprint density at radius 1 is 1.19 bits per heavy atom. The van der Waals surface area contributed by atoms with E-state index in [-0.39, 0.29) is 6.61 Å². The van der Waals surface area contributed by atoms with Crippen LogP contribution in [0.25, 0.3) is 0 Å². The Bertz CT molecular complexity index is 462. The van der Waals surface area contributed by atoms with Crippen molar-refractivity contribution in [3.05, 3.63) is 53.5 Å². The largest absolute Gasteiger partial charge is 0.462 e. The second-order valence-corrected chi connectivity index (χ2v) is 3.75. The number of nitrogens with one attached hydrogen (secondary N) is 1. The number of aliphatic hydroxyl groups is 1. The van der Waals surface area contributed by atoms with Crippen LogP contribution in [0.1, 0.15) is 17.1 Å². The molecule has 0 fully saturated rings. The lowest BCUT2D eigenvalue weighted by atomic mass is 10.2. The van der Waals surface area contributed by atoms with Gasteiger partial charge in [0, 0.05) is 5.69 Å². The molecule has 0 spiro atoms. The van der Waals surface area contributed by atoms with Gasteiger partial charge in [-0.3, -0.25) is 0 Å². The number of aliphatic hydroxyl groups excluding tert-OH is 1. The lowest BCUT2D eigenvalue weighted by molar-refractivity contribution is 0.244. The van der Waals surface area contributed by atoms with Crippen molar-refractivity contribution >= 4 is 5.69 Å². The minimum atomic E-state index is -0.0511.